The van der Waals surface area contributed by atoms with Crippen LogP contribution in [0.5, 0.6) is 0 Å². The summed E-state index contributed by atoms with van der Waals surface area (Å²) in [6.07, 6.45) is 9.66. The van der Waals surface area contributed by atoms with E-state index in [0.717, 1.165) is 16.7 Å². The van der Waals surface area contributed by atoms with Crippen LogP contribution in [0.15, 0.2) is 47.6 Å². The van der Waals surface area contributed by atoms with Gasteiger partial charge in [0, 0.05) is 22.9 Å². The topological polar surface area (TPSA) is 12.9 Å². The number of benzene rings is 1. The molecule has 1 fully saturated rings. The molecule has 1 saturated carbocycles. The zero-order valence-electron chi connectivity index (χ0n) is 12.1. The van der Waals surface area contributed by atoms with Gasteiger partial charge in [-0.05, 0) is 42.2 Å². The van der Waals surface area contributed by atoms with E-state index >= 15 is 0 Å². The van der Waals surface area contributed by atoms with Crippen molar-refractivity contribution in [3.05, 3.63) is 58.7 Å². The van der Waals surface area contributed by atoms with Crippen LogP contribution in [0, 0.1) is 0 Å². The lowest BCUT2D eigenvalue weighted by Gasteiger charge is -2.21. The molecule has 1 aliphatic rings. The van der Waals surface area contributed by atoms with Gasteiger partial charge in [-0.3, -0.25) is 0 Å². The number of halogens is 1. The van der Waals surface area contributed by atoms with Crippen LogP contribution >= 0.6 is 23.4 Å². The molecular formula is C18H20ClNS. The standard InChI is InChI=1S/C18H20ClNS/c19-16-10-8-14(9-11-16)13-15-5-4-12-20-18(15)21-17-6-2-1-3-7-17/h4-5,8-12,17H,1-3,6-7,13H2. The van der Waals surface area contributed by atoms with E-state index in [9.17, 15) is 0 Å². The molecule has 110 valence electrons. The second-order valence-corrected chi connectivity index (χ2v) is 7.37. The van der Waals surface area contributed by atoms with Gasteiger partial charge >= 0.3 is 0 Å². The maximum Gasteiger partial charge on any atom is 0.0997 e. The zero-order chi connectivity index (χ0) is 14.5. The minimum atomic E-state index is 0.748. The zero-order valence-corrected chi connectivity index (χ0v) is 13.7. The van der Waals surface area contributed by atoms with Crippen LogP contribution < -0.4 is 0 Å². The molecule has 1 aromatic carbocycles. The predicted molar refractivity (Wildman–Crippen MR) is 91.2 cm³/mol. The highest BCUT2D eigenvalue weighted by atomic mass is 35.5. The molecule has 1 aliphatic carbocycles. The fourth-order valence-corrected chi connectivity index (χ4v) is 4.25. The first kappa shape index (κ1) is 14.9. The Morgan fingerprint density at radius 2 is 1.81 bits per heavy atom. The largest absolute Gasteiger partial charge is 0.250 e. The van der Waals surface area contributed by atoms with Crippen molar-refractivity contribution >= 4 is 23.4 Å². The molecule has 0 amide bonds. The summed E-state index contributed by atoms with van der Waals surface area (Å²) in [5.41, 5.74) is 2.62. The van der Waals surface area contributed by atoms with Gasteiger partial charge in [-0.1, -0.05) is 49.1 Å². The summed E-state index contributed by atoms with van der Waals surface area (Å²) in [6, 6.07) is 12.4. The molecule has 21 heavy (non-hydrogen) atoms. The Hall–Kier alpha value is -0.990. The Labute approximate surface area is 136 Å². The number of pyridine rings is 1. The van der Waals surface area contributed by atoms with Crippen LogP contribution in [-0.2, 0) is 6.42 Å². The lowest BCUT2D eigenvalue weighted by Crippen LogP contribution is -2.09. The van der Waals surface area contributed by atoms with E-state index in [1.54, 1.807) is 0 Å². The van der Waals surface area contributed by atoms with Gasteiger partial charge in [-0.25, -0.2) is 4.98 Å². The highest BCUT2D eigenvalue weighted by molar-refractivity contribution is 7.99. The van der Waals surface area contributed by atoms with E-state index in [0.29, 0.717) is 0 Å². The summed E-state index contributed by atoms with van der Waals surface area (Å²) in [4.78, 5) is 4.62. The Morgan fingerprint density at radius 1 is 1.05 bits per heavy atom. The third kappa shape index (κ3) is 4.24. The first-order chi connectivity index (χ1) is 10.3. The van der Waals surface area contributed by atoms with Crippen molar-refractivity contribution < 1.29 is 0 Å². The van der Waals surface area contributed by atoms with Gasteiger partial charge < -0.3 is 0 Å². The lowest BCUT2D eigenvalue weighted by atomic mass is 10.0. The van der Waals surface area contributed by atoms with Crippen molar-refractivity contribution in [3.63, 3.8) is 0 Å². The van der Waals surface area contributed by atoms with Gasteiger partial charge in [0.05, 0.1) is 5.03 Å². The predicted octanol–water partition coefficient (Wildman–Crippen LogP) is 5.75. The molecule has 3 rings (SSSR count). The number of nitrogens with zero attached hydrogens (tertiary/aromatic N) is 1. The third-order valence-corrected chi connectivity index (χ3v) is 5.64. The molecule has 0 bridgehead atoms. The first-order valence-electron chi connectivity index (χ1n) is 7.66. The number of aromatic nitrogens is 1. The normalized spacial score (nSPS) is 16.0. The minimum Gasteiger partial charge on any atom is -0.250 e. The monoisotopic (exact) mass is 317 g/mol. The fourth-order valence-electron chi connectivity index (χ4n) is 2.83. The Morgan fingerprint density at radius 3 is 2.57 bits per heavy atom. The van der Waals surface area contributed by atoms with Gasteiger partial charge in [0.2, 0.25) is 0 Å². The highest BCUT2D eigenvalue weighted by Gasteiger charge is 2.17. The molecule has 1 aromatic heterocycles. The maximum atomic E-state index is 5.96. The summed E-state index contributed by atoms with van der Waals surface area (Å²) < 4.78 is 0. The molecule has 0 atom stereocenters. The van der Waals surface area contributed by atoms with E-state index in [1.165, 1.54) is 48.3 Å². The number of rotatable bonds is 4. The van der Waals surface area contributed by atoms with Crippen LogP contribution in [0.3, 0.4) is 0 Å². The number of hydrogen-bond acceptors (Lipinski definition) is 2. The second kappa shape index (κ2) is 7.33. The van der Waals surface area contributed by atoms with E-state index in [1.807, 2.05) is 36.2 Å². The SMILES string of the molecule is Clc1ccc(Cc2cccnc2SC2CCCCC2)cc1. The molecular weight excluding hydrogens is 298 g/mol. The molecule has 2 aromatic rings. The van der Waals surface area contributed by atoms with Crippen molar-refractivity contribution in [1.82, 2.24) is 4.98 Å². The van der Waals surface area contributed by atoms with Crippen LogP contribution in [0.4, 0.5) is 0 Å². The smallest absolute Gasteiger partial charge is 0.0997 e. The number of hydrogen-bond donors (Lipinski definition) is 0. The van der Waals surface area contributed by atoms with Gasteiger partial charge in [0.1, 0.15) is 0 Å². The van der Waals surface area contributed by atoms with Crippen LogP contribution in [0.1, 0.15) is 43.2 Å². The van der Waals surface area contributed by atoms with Gasteiger partial charge in [0.15, 0.2) is 0 Å². The number of thioether (sulfide) groups is 1. The van der Waals surface area contributed by atoms with E-state index in [4.69, 9.17) is 11.6 Å². The van der Waals surface area contributed by atoms with Crippen molar-refractivity contribution in [1.29, 1.82) is 0 Å². The highest BCUT2D eigenvalue weighted by Crippen LogP contribution is 2.34. The summed E-state index contributed by atoms with van der Waals surface area (Å²) in [5.74, 6) is 0. The maximum absolute atomic E-state index is 5.96. The molecule has 1 heterocycles. The van der Waals surface area contributed by atoms with Crippen LogP contribution in [0.2, 0.25) is 5.02 Å². The second-order valence-electron chi connectivity index (χ2n) is 5.65. The first-order valence-corrected chi connectivity index (χ1v) is 8.92. The molecule has 3 heteroatoms. The molecule has 0 aliphatic heterocycles. The van der Waals surface area contributed by atoms with Crippen molar-refractivity contribution in [2.75, 3.05) is 0 Å². The molecule has 0 saturated heterocycles. The van der Waals surface area contributed by atoms with Crippen LogP contribution in [-0.4, -0.2) is 10.2 Å². The lowest BCUT2D eigenvalue weighted by molar-refractivity contribution is 0.515. The molecule has 0 unspecified atom stereocenters. The van der Waals surface area contributed by atoms with Gasteiger partial charge in [-0.15, -0.1) is 11.8 Å². The quantitative estimate of drug-likeness (QED) is 0.712. The van der Waals surface area contributed by atoms with E-state index in [2.05, 4.69) is 23.2 Å². The van der Waals surface area contributed by atoms with Gasteiger partial charge in [-0.2, -0.15) is 0 Å². The van der Waals surface area contributed by atoms with Gasteiger partial charge in [0.25, 0.3) is 0 Å². The summed E-state index contributed by atoms with van der Waals surface area (Å²) in [6.45, 7) is 0. The minimum absolute atomic E-state index is 0.748. The fraction of sp³-hybridized carbons (Fsp3) is 0.389. The summed E-state index contributed by atoms with van der Waals surface area (Å²) in [5, 5.41) is 2.75. The van der Waals surface area contributed by atoms with Crippen molar-refractivity contribution in [3.8, 4) is 0 Å². The summed E-state index contributed by atoms with van der Waals surface area (Å²) >= 11 is 7.93. The molecule has 1 nitrogen and oxygen atoms in total. The van der Waals surface area contributed by atoms with E-state index in [-0.39, 0.29) is 0 Å². The molecule has 0 radical (unpaired) electrons. The average Bonchev–Trinajstić information content (AvgIpc) is 2.52. The third-order valence-electron chi connectivity index (χ3n) is 3.99. The Kier molecular flexibility index (Phi) is 5.21. The Bertz CT molecular complexity index is 576. The average molecular weight is 318 g/mol. The molecule has 0 N–H and O–H groups in total. The van der Waals surface area contributed by atoms with Crippen molar-refractivity contribution in [2.45, 2.75) is 48.8 Å². The van der Waals surface area contributed by atoms with Crippen molar-refractivity contribution in [2.24, 2.45) is 0 Å². The molecule has 0 spiro atoms. The van der Waals surface area contributed by atoms with Crippen LogP contribution in [0.25, 0.3) is 0 Å². The summed E-state index contributed by atoms with van der Waals surface area (Å²) in [7, 11) is 0. The van der Waals surface area contributed by atoms with E-state index < -0.39 is 0 Å². The Balaban J connectivity index is 1.73.